The van der Waals surface area contributed by atoms with Crippen molar-refractivity contribution in [3.8, 4) is 0 Å². The molecule has 0 unspecified atom stereocenters. The molecule has 0 aliphatic heterocycles. The number of rotatable bonds is 10. The molecule has 1 N–H and O–H groups in total. The van der Waals surface area contributed by atoms with E-state index >= 15 is 0 Å². The summed E-state index contributed by atoms with van der Waals surface area (Å²) in [6.07, 6.45) is 1.99. The van der Waals surface area contributed by atoms with Gasteiger partial charge in [-0.15, -0.1) is 0 Å². The Morgan fingerprint density at radius 3 is 2.94 bits per heavy atom. The molecule has 0 fully saturated rings. The van der Waals surface area contributed by atoms with Gasteiger partial charge in [0.25, 0.3) is 0 Å². The van der Waals surface area contributed by atoms with Crippen molar-refractivity contribution in [1.29, 1.82) is 0 Å². The maximum absolute atomic E-state index is 5.53. The first-order valence-corrected chi connectivity index (χ1v) is 6.52. The molecule has 0 atom stereocenters. The molecule has 18 heavy (non-hydrogen) atoms. The summed E-state index contributed by atoms with van der Waals surface area (Å²) < 4.78 is 12.4. The third kappa shape index (κ3) is 6.74. The van der Waals surface area contributed by atoms with E-state index in [1.54, 1.807) is 7.11 Å². The Kier molecular flexibility index (Phi) is 7.64. The van der Waals surface area contributed by atoms with Crippen LogP contribution >= 0.6 is 0 Å². The largest absolute Gasteiger partial charge is 0.383 e. The molecule has 0 aliphatic carbocycles. The minimum absolute atomic E-state index is 0.586. The Morgan fingerprint density at radius 1 is 1.39 bits per heavy atom. The highest BCUT2D eigenvalue weighted by Crippen LogP contribution is 1.97. The van der Waals surface area contributed by atoms with Gasteiger partial charge in [0, 0.05) is 33.0 Å². The van der Waals surface area contributed by atoms with Gasteiger partial charge in [0.1, 0.15) is 0 Å². The van der Waals surface area contributed by atoms with Crippen LogP contribution in [0.1, 0.15) is 19.5 Å². The maximum Gasteiger partial charge on any atom is 0.0762 e. The van der Waals surface area contributed by atoms with Crippen molar-refractivity contribution in [3.63, 3.8) is 0 Å². The summed E-state index contributed by atoms with van der Waals surface area (Å²) in [7, 11) is 1.70. The van der Waals surface area contributed by atoms with Gasteiger partial charge in [0.2, 0.25) is 0 Å². The van der Waals surface area contributed by atoms with Crippen LogP contribution in [0.15, 0.2) is 12.3 Å². The number of aromatic nitrogens is 2. The molecule has 104 valence electrons. The summed E-state index contributed by atoms with van der Waals surface area (Å²) in [6, 6.07) is 2.03. The van der Waals surface area contributed by atoms with Crippen LogP contribution in [-0.4, -0.2) is 43.3 Å². The van der Waals surface area contributed by atoms with Gasteiger partial charge in [0.15, 0.2) is 0 Å². The summed E-state index contributed by atoms with van der Waals surface area (Å²) in [6.45, 7) is 9.00. The predicted molar refractivity (Wildman–Crippen MR) is 71.5 cm³/mol. The van der Waals surface area contributed by atoms with E-state index in [1.807, 2.05) is 16.9 Å². The van der Waals surface area contributed by atoms with Crippen LogP contribution in [0.4, 0.5) is 0 Å². The molecular formula is C13H25N3O2. The summed E-state index contributed by atoms with van der Waals surface area (Å²) in [4.78, 5) is 0. The van der Waals surface area contributed by atoms with E-state index < -0.39 is 0 Å². The van der Waals surface area contributed by atoms with Crippen molar-refractivity contribution in [2.75, 3.05) is 33.5 Å². The summed E-state index contributed by atoms with van der Waals surface area (Å²) in [5.74, 6) is 0.586. The lowest BCUT2D eigenvalue weighted by Crippen LogP contribution is -2.19. The van der Waals surface area contributed by atoms with E-state index in [-0.39, 0.29) is 0 Å². The smallest absolute Gasteiger partial charge is 0.0762 e. The van der Waals surface area contributed by atoms with Gasteiger partial charge in [-0.1, -0.05) is 13.8 Å². The lowest BCUT2D eigenvalue weighted by molar-refractivity contribution is 0.101. The number of hydrogen-bond donors (Lipinski definition) is 1. The predicted octanol–water partition coefficient (Wildman–Crippen LogP) is 1.29. The molecule has 0 spiro atoms. The highest BCUT2D eigenvalue weighted by Gasteiger charge is 1.99. The molecule has 1 heterocycles. The van der Waals surface area contributed by atoms with Crippen molar-refractivity contribution in [2.24, 2.45) is 5.92 Å². The van der Waals surface area contributed by atoms with Crippen LogP contribution < -0.4 is 5.32 Å². The Labute approximate surface area is 109 Å². The average Bonchev–Trinajstić information content (AvgIpc) is 2.78. The first kappa shape index (κ1) is 15.1. The second kappa shape index (κ2) is 9.08. The van der Waals surface area contributed by atoms with Gasteiger partial charge in [-0.3, -0.25) is 4.68 Å². The molecule has 0 aliphatic rings. The third-order valence-electron chi connectivity index (χ3n) is 2.40. The number of nitrogens with zero attached hydrogens (tertiary/aromatic N) is 2. The van der Waals surface area contributed by atoms with Crippen molar-refractivity contribution in [2.45, 2.75) is 26.9 Å². The highest BCUT2D eigenvalue weighted by atomic mass is 16.5. The Morgan fingerprint density at radius 2 is 2.22 bits per heavy atom. The Bertz CT molecular complexity index is 313. The molecule has 5 heteroatoms. The monoisotopic (exact) mass is 255 g/mol. The van der Waals surface area contributed by atoms with Gasteiger partial charge < -0.3 is 14.8 Å². The van der Waals surface area contributed by atoms with Crippen LogP contribution in [0.5, 0.6) is 0 Å². The molecule has 0 bridgehead atoms. The molecule has 1 rings (SSSR count). The first-order valence-electron chi connectivity index (χ1n) is 6.52. The second-order valence-electron chi connectivity index (χ2n) is 4.71. The minimum atomic E-state index is 0.586. The molecule has 0 saturated carbocycles. The zero-order valence-electron chi connectivity index (χ0n) is 11.7. The number of hydrogen-bond acceptors (Lipinski definition) is 4. The normalized spacial score (nSPS) is 11.3. The zero-order valence-corrected chi connectivity index (χ0v) is 11.7. The highest BCUT2D eigenvalue weighted by molar-refractivity contribution is 4.98. The van der Waals surface area contributed by atoms with Gasteiger partial charge in [-0.25, -0.2) is 0 Å². The van der Waals surface area contributed by atoms with Crippen LogP contribution in [0.3, 0.4) is 0 Å². The van der Waals surface area contributed by atoms with E-state index in [0.29, 0.717) is 5.92 Å². The van der Waals surface area contributed by atoms with E-state index in [2.05, 4.69) is 24.3 Å². The molecule has 0 aromatic carbocycles. The van der Waals surface area contributed by atoms with Crippen LogP contribution in [0.2, 0.25) is 0 Å². The quantitative estimate of drug-likeness (QED) is 0.640. The van der Waals surface area contributed by atoms with Crippen LogP contribution in [0, 0.1) is 5.92 Å². The third-order valence-corrected chi connectivity index (χ3v) is 2.40. The SMILES string of the molecule is COCCNCc1ccn(CCOCC(C)C)n1. The van der Waals surface area contributed by atoms with Crippen molar-refractivity contribution in [3.05, 3.63) is 18.0 Å². The molecule has 5 nitrogen and oxygen atoms in total. The fourth-order valence-electron chi connectivity index (χ4n) is 1.49. The molecule has 0 amide bonds. The fourth-order valence-corrected chi connectivity index (χ4v) is 1.49. The number of nitrogens with one attached hydrogen (secondary N) is 1. The Balaban J connectivity index is 2.13. The number of ether oxygens (including phenoxy) is 2. The van der Waals surface area contributed by atoms with Crippen molar-refractivity contribution >= 4 is 0 Å². The van der Waals surface area contributed by atoms with E-state index in [4.69, 9.17) is 9.47 Å². The average molecular weight is 255 g/mol. The summed E-state index contributed by atoms with van der Waals surface area (Å²) in [5, 5.41) is 7.72. The second-order valence-corrected chi connectivity index (χ2v) is 4.71. The topological polar surface area (TPSA) is 48.3 Å². The van der Waals surface area contributed by atoms with Gasteiger partial charge in [-0.2, -0.15) is 5.10 Å². The maximum atomic E-state index is 5.53. The molecule has 0 saturated heterocycles. The van der Waals surface area contributed by atoms with Gasteiger partial charge in [0.05, 0.1) is 25.5 Å². The van der Waals surface area contributed by atoms with E-state index in [0.717, 1.165) is 45.1 Å². The first-order chi connectivity index (χ1) is 8.72. The molecular weight excluding hydrogens is 230 g/mol. The molecule has 1 aromatic heterocycles. The summed E-state index contributed by atoms with van der Waals surface area (Å²) in [5.41, 5.74) is 1.05. The minimum Gasteiger partial charge on any atom is -0.383 e. The van der Waals surface area contributed by atoms with Crippen LogP contribution in [-0.2, 0) is 22.6 Å². The molecule has 1 aromatic rings. The zero-order chi connectivity index (χ0) is 13.2. The van der Waals surface area contributed by atoms with Gasteiger partial charge in [-0.05, 0) is 12.0 Å². The van der Waals surface area contributed by atoms with Crippen molar-refractivity contribution in [1.82, 2.24) is 15.1 Å². The van der Waals surface area contributed by atoms with Crippen LogP contribution in [0.25, 0.3) is 0 Å². The molecule has 0 radical (unpaired) electrons. The van der Waals surface area contributed by atoms with Crippen molar-refractivity contribution < 1.29 is 9.47 Å². The standard InChI is InChI=1S/C13H25N3O2/c1-12(2)11-18-9-7-16-6-4-13(15-16)10-14-5-8-17-3/h4,6,12,14H,5,7-11H2,1-3H3. The lowest BCUT2D eigenvalue weighted by atomic mass is 10.2. The number of methoxy groups -OCH3 is 1. The van der Waals surface area contributed by atoms with Gasteiger partial charge >= 0.3 is 0 Å². The lowest BCUT2D eigenvalue weighted by Gasteiger charge is -2.06. The van der Waals surface area contributed by atoms with E-state index in [1.165, 1.54) is 0 Å². The fraction of sp³-hybridized carbons (Fsp3) is 0.769. The Hall–Kier alpha value is -0.910. The van der Waals surface area contributed by atoms with E-state index in [9.17, 15) is 0 Å². The summed E-state index contributed by atoms with van der Waals surface area (Å²) >= 11 is 0.